The molecule has 2 saturated carbocycles. The molecule has 2 atom stereocenters. The Morgan fingerprint density at radius 2 is 1.54 bits per heavy atom. The summed E-state index contributed by atoms with van der Waals surface area (Å²) in [5, 5.41) is 0. The molecule has 0 nitrogen and oxygen atoms in total. The highest BCUT2D eigenvalue weighted by Gasteiger charge is 2.49. The zero-order chi connectivity index (χ0) is 9.47. The highest BCUT2D eigenvalue weighted by molar-refractivity contribution is 6.78. The Hall–Kier alpha value is 0.217. The molecule has 0 N–H and O–H groups in total. The predicted octanol–water partition coefficient (Wildman–Crippen LogP) is 4.30. The molecule has 2 fully saturated rings. The minimum atomic E-state index is -0.771. The van der Waals surface area contributed by atoms with E-state index >= 15 is 0 Å². The maximum atomic E-state index is 2.56. The lowest BCUT2D eigenvalue weighted by Gasteiger charge is -2.24. The summed E-state index contributed by atoms with van der Waals surface area (Å²) >= 11 is 0. The molecule has 2 aliphatic carbocycles. The third kappa shape index (κ3) is 2.17. The van der Waals surface area contributed by atoms with Crippen LogP contribution in [0.4, 0.5) is 0 Å². The van der Waals surface area contributed by atoms with Crippen molar-refractivity contribution < 1.29 is 0 Å². The Morgan fingerprint density at radius 1 is 0.923 bits per heavy atom. The summed E-state index contributed by atoms with van der Waals surface area (Å²) in [5.41, 5.74) is 1.19. The van der Waals surface area contributed by atoms with Crippen LogP contribution in [0.15, 0.2) is 0 Å². The van der Waals surface area contributed by atoms with E-state index in [1.165, 1.54) is 30.7 Å². The maximum absolute atomic E-state index is 2.56. The normalized spacial score (nSPS) is 36.2. The zero-order valence-electron chi connectivity index (χ0n) is 9.47. The van der Waals surface area contributed by atoms with Crippen molar-refractivity contribution in [3.63, 3.8) is 0 Å². The summed E-state index contributed by atoms with van der Waals surface area (Å²) in [7, 11) is -0.771. The lowest BCUT2D eigenvalue weighted by Crippen LogP contribution is -2.22. The Labute approximate surface area is 84.1 Å². The van der Waals surface area contributed by atoms with Crippen LogP contribution in [0.25, 0.3) is 0 Å². The first-order valence-electron chi connectivity index (χ1n) is 6.09. The minimum absolute atomic E-state index is 0.771. The van der Waals surface area contributed by atoms with Crippen molar-refractivity contribution in [2.24, 2.45) is 11.8 Å². The molecule has 0 saturated heterocycles. The molecule has 0 radical (unpaired) electrons. The second-order valence-electron chi connectivity index (χ2n) is 6.27. The molecule has 0 aromatic carbocycles. The number of rotatable bonds is 2. The van der Waals surface area contributed by atoms with Crippen LogP contribution in [0.1, 0.15) is 38.5 Å². The molecule has 0 aromatic heterocycles. The molecule has 0 aromatic rings. The van der Waals surface area contributed by atoms with Crippen LogP contribution in [0, 0.1) is 11.8 Å². The van der Waals surface area contributed by atoms with Crippen molar-refractivity contribution >= 4 is 8.07 Å². The van der Waals surface area contributed by atoms with Crippen LogP contribution in [0.2, 0.25) is 25.2 Å². The van der Waals surface area contributed by atoms with Gasteiger partial charge in [0.25, 0.3) is 0 Å². The summed E-state index contributed by atoms with van der Waals surface area (Å²) in [6.07, 6.45) is 9.29. The summed E-state index contributed by atoms with van der Waals surface area (Å²) in [6, 6.07) is 0. The largest absolute Gasteiger partial charge is 0.0693 e. The fourth-order valence-electron chi connectivity index (χ4n) is 3.29. The first-order chi connectivity index (χ1) is 6.09. The van der Waals surface area contributed by atoms with E-state index in [-0.39, 0.29) is 0 Å². The van der Waals surface area contributed by atoms with Crippen LogP contribution in [0.3, 0.4) is 0 Å². The third-order valence-electron chi connectivity index (χ3n) is 4.21. The highest BCUT2D eigenvalue weighted by Crippen LogP contribution is 2.58. The van der Waals surface area contributed by atoms with E-state index in [1.807, 2.05) is 0 Å². The fraction of sp³-hybridized carbons (Fsp3) is 1.00. The van der Waals surface area contributed by atoms with Gasteiger partial charge in [-0.15, -0.1) is 0 Å². The van der Waals surface area contributed by atoms with Gasteiger partial charge in [0, 0.05) is 8.07 Å². The average molecular weight is 196 g/mol. The van der Waals surface area contributed by atoms with Gasteiger partial charge in [0.15, 0.2) is 0 Å². The average Bonchev–Trinajstić information content (AvgIpc) is 2.83. The standard InChI is InChI=1S/C12H24Si/c1-13(2,3)12-9-11(12)10-7-5-4-6-8-10/h10-12H,4-9H2,1-3H3. The summed E-state index contributed by atoms with van der Waals surface area (Å²) in [4.78, 5) is 0. The van der Waals surface area contributed by atoms with E-state index in [2.05, 4.69) is 19.6 Å². The first-order valence-corrected chi connectivity index (χ1v) is 9.67. The molecular weight excluding hydrogens is 172 g/mol. The van der Waals surface area contributed by atoms with Crippen molar-refractivity contribution in [2.75, 3.05) is 0 Å². The van der Waals surface area contributed by atoms with Crippen LogP contribution in [0.5, 0.6) is 0 Å². The molecule has 1 heteroatoms. The van der Waals surface area contributed by atoms with Crippen LogP contribution in [-0.2, 0) is 0 Å². The molecular formula is C12H24Si. The molecule has 2 unspecified atom stereocenters. The smallest absolute Gasteiger partial charge is 0.0476 e. The highest BCUT2D eigenvalue weighted by atomic mass is 28.3. The van der Waals surface area contributed by atoms with E-state index in [4.69, 9.17) is 0 Å². The van der Waals surface area contributed by atoms with Gasteiger partial charge in [0.2, 0.25) is 0 Å². The fourth-order valence-corrected chi connectivity index (χ4v) is 5.83. The van der Waals surface area contributed by atoms with Crippen LogP contribution in [-0.4, -0.2) is 8.07 Å². The van der Waals surface area contributed by atoms with Gasteiger partial charge in [-0.2, -0.15) is 0 Å². The summed E-state index contributed by atoms with van der Waals surface area (Å²) in [6.45, 7) is 7.67. The van der Waals surface area contributed by atoms with Crippen molar-refractivity contribution in [3.8, 4) is 0 Å². The molecule has 13 heavy (non-hydrogen) atoms. The molecule has 0 bridgehead atoms. The van der Waals surface area contributed by atoms with Crippen LogP contribution < -0.4 is 0 Å². The van der Waals surface area contributed by atoms with Crippen molar-refractivity contribution in [2.45, 2.75) is 63.7 Å². The van der Waals surface area contributed by atoms with Gasteiger partial charge < -0.3 is 0 Å². The van der Waals surface area contributed by atoms with E-state index in [0.29, 0.717) is 0 Å². The van der Waals surface area contributed by atoms with E-state index in [9.17, 15) is 0 Å². The van der Waals surface area contributed by atoms with Gasteiger partial charge >= 0.3 is 0 Å². The lowest BCUT2D eigenvalue weighted by molar-refractivity contribution is 0.322. The first kappa shape index (κ1) is 9.76. The lowest BCUT2D eigenvalue weighted by atomic mass is 9.86. The number of hydrogen-bond acceptors (Lipinski definition) is 0. The van der Waals surface area contributed by atoms with Crippen LogP contribution >= 0.6 is 0 Å². The van der Waals surface area contributed by atoms with Crippen molar-refractivity contribution in [1.29, 1.82) is 0 Å². The van der Waals surface area contributed by atoms with E-state index in [1.54, 1.807) is 19.3 Å². The molecule has 2 aliphatic rings. The molecule has 2 rings (SSSR count). The Balaban J connectivity index is 1.84. The second kappa shape index (κ2) is 3.41. The third-order valence-corrected chi connectivity index (χ3v) is 7.10. The predicted molar refractivity (Wildman–Crippen MR) is 61.8 cm³/mol. The number of hydrogen-bond donors (Lipinski definition) is 0. The maximum Gasteiger partial charge on any atom is 0.0476 e. The Kier molecular flexibility index (Phi) is 2.56. The van der Waals surface area contributed by atoms with Gasteiger partial charge in [-0.05, 0) is 23.8 Å². The molecule has 0 spiro atoms. The molecule has 0 amide bonds. The molecule has 0 aliphatic heterocycles. The Bertz CT molecular complexity index is 174. The van der Waals surface area contributed by atoms with E-state index < -0.39 is 8.07 Å². The van der Waals surface area contributed by atoms with Gasteiger partial charge in [-0.3, -0.25) is 0 Å². The summed E-state index contributed by atoms with van der Waals surface area (Å²) < 4.78 is 0. The second-order valence-corrected chi connectivity index (χ2v) is 11.7. The van der Waals surface area contributed by atoms with Gasteiger partial charge in [0.1, 0.15) is 0 Å². The van der Waals surface area contributed by atoms with E-state index in [0.717, 1.165) is 5.92 Å². The SMILES string of the molecule is C[Si](C)(C)C1CC1C1CCCCC1. The van der Waals surface area contributed by atoms with Gasteiger partial charge in [-0.1, -0.05) is 51.7 Å². The quantitative estimate of drug-likeness (QED) is 0.578. The molecule has 0 heterocycles. The monoisotopic (exact) mass is 196 g/mol. The molecule has 76 valence electrons. The zero-order valence-corrected chi connectivity index (χ0v) is 10.5. The minimum Gasteiger partial charge on any atom is -0.0693 e. The topological polar surface area (TPSA) is 0 Å². The van der Waals surface area contributed by atoms with Gasteiger partial charge in [-0.25, -0.2) is 0 Å². The summed E-state index contributed by atoms with van der Waals surface area (Å²) in [5.74, 6) is 2.32. The van der Waals surface area contributed by atoms with Gasteiger partial charge in [0.05, 0.1) is 0 Å². The Morgan fingerprint density at radius 3 is 2.00 bits per heavy atom. The van der Waals surface area contributed by atoms with Crippen molar-refractivity contribution in [1.82, 2.24) is 0 Å². The van der Waals surface area contributed by atoms with Crippen molar-refractivity contribution in [3.05, 3.63) is 0 Å².